The molecule has 0 aliphatic rings. The molecule has 1 aromatic rings. The monoisotopic (exact) mass is 333 g/mol. The summed E-state index contributed by atoms with van der Waals surface area (Å²) in [6.45, 7) is 8.34. The highest BCUT2D eigenvalue weighted by atomic mass is 79.9. The normalized spacial score (nSPS) is 12.2. The number of halogens is 1. The predicted octanol–water partition coefficient (Wildman–Crippen LogP) is 4.53. The van der Waals surface area contributed by atoms with E-state index in [1.54, 1.807) is 0 Å². The molecule has 1 aromatic carbocycles. The minimum Gasteiger partial charge on any atom is -0.352 e. The van der Waals surface area contributed by atoms with Gasteiger partial charge >= 0.3 is 0 Å². The highest BCUT2D eigenvalue weighted by Gasteiger charge is 2.04. The second-order valence-corrected chi connectivity index (χ2v) is 5.38. The Kier molecular flexibility index (Phi) is 7.02. The second-order valence-electron chi connectivity index (χ2n) is 4.47. The molecule has 0 spiro atoms. The van der Waals surface area contributed by atoms with Crippen LogP contribution in [0.15, 0.2) is 59.1 Å². The number of hydrogen-bond acceptors (Lipinski definition) is 1. The van der Waals surface area contributed by atoms with Crippen LogP contribution in [-0.4, -0.2) is 12.5 Å². The molecule has 0 aliphatic carbocycles. The Morgan fingerprint density at radius 3 is 2.55 bits per heavy atom. The van der Waals surface area contributed by atoms with Crippen molar-refractivity contribution in [2.45, 2.75) is 20.3 Å². The Bertz CT molecular complexity index is 526. The zero-order valence-electron chi connectivity index (χ0n) is 11.9. The zero-order chi connectivity index (χ0) is 15.0. The van der Waals surface area contributed by atoms with Gasteiger partial charge < -0.3 is 5.32 Å². The molecule has 0 atom stereocenters. The molecule has 0 heterocycles. The Morgan fingerprint density at radius 1 is 1.35 bits per heavy atom. The summed E-state index contributed by atoms with van der Waals surface area (Å²) < 4.78 is 1.01. The molecule has 0 radical (unpaired) electrons. The van der Waals surface area contributed by atoms with Crippen LogP contribution in [0.5, 0.6) is 0 Å². The van der Waals surface area contributed by atoms with Gasteiger partial charge in [0.25, 0.3) is 5.91 Å². The number of aryl methyl sites for hydroxylation is 1. The minimum absolute atomic E-state index is 0.0430. The number of amides is 1. The average Bonchev–Trinajstić information content (AvgIpc) is 2.46. The number of allylic oxidation sites excluding steroid dienone is 4. The molecule has 1 N–H and O–H groups in total. The number of hydrogen-bond donors (Lipinski definition) is 1. The van der Waals surface area contributed by atoms with Crippen LogP contribution in [0.1, 0.15) is 29.3 Å². The number of rotatable bonds is 6. The summed E-state index contributed by atoms with van der Waals surface area (Å²) in [6.07, 6.45) is 6.53. The van der Waals surface area contributed by atoms with E-state index in [4.69, 9.17) is 0 Å². The fourth-order valence-corrected chi connectivity index (χ4v) is 1.92. The van der Waals surface area contributed by atoms with Crippen molar-refractivity contribution >= 4 is 21.8 Å². The van der Waals surface area contributed by atoms with Gasteiger partial charge in [-0.3, -0.25) is 4.79 Å². The molecular formula is C17H20BrNO. The van der Waals surface area contributed by atoms with Crippen LogP contribution in [0.2, 0.25) is 0 Å². The number of carbonyl (C=O) groups is 1. The van der Waals surface area contributed by atoms with Crippen LogP contribution < -0.4 is 5.32 Å². The first kappa shape index (κ1) is 16.4. The fraction of sp³-hybridized carbons (Fsp3) is 0.235. The van der Waals surface area contributed by atoms with E-state index in [9.17, 15) is 4.79 Å². The van der Waals surface area contributed by atoms with Crippen molar-refractivity contribution in [1.29, 1.82) is 0 Å². The molecule has 0 aliphatic heterocycles. The van der Waals surface area contributed by atoms with E-state index in [1.807, 2.05) is 56.3 Å². The average molecular weight is 334 g/mol. The van der Waals surface area contributed by atoms with Crippen LogP contribution in [0, 0.1) is 6.92 Å². The third kappa shape index (κ3) is 5.57. The molecule has 0 unspecified atom stereocenters. The van der Waals surface area contributed by atoms with Crippen molar-refractivity contribution in [1.82, 2.24) is 5.32 Å². The molecule has 0 saturated heterocycles. The Labute approximate surface area is 129 Å². The molecule has 2 nitrogen and oxygen atoms in total. The summed E-state index contributed by atoms with van der Waals surface area (Å²) in [7, 11) is 0. The van der Waals surface area contributed by atoms with E-state index < -0.39 is 0 Å². The van der Waals surface area contributed by atoms with Crippen LogP contribution in [0.3, 0.4) is 0 Å². The van der Waals surface area contributed by atoms with Gasteiger partial charge in [0.05, 0.1) is 0 Å². The third-order valence-corrected chi connectivity index (χ3v) is 3.56. The van der Waals surface area contributed by atoms with Gasteiger partial charge in [0.2, 0.25) is 0 Å². The summed E-state index contributed by atoms with van der Waals surface area (Å²) in [4.78, 5) is 11.9. The van der Waals surface area contributed by atoms with E-state index in [0.717, 1.165) is 22.0 Å². The first-order chi connectivity index (χ1) is 9.56. The van der Waals surface area contributed by atoms with Gasteiger partial charge in [-0.1, -0.05) is 52.4 Å². The topological polar surface area (TPSA) is 29.1 Å². The Hall–Kier alpha value is -1.61. The summed E-state index contributed by atoms with van der Waals surface area (Å²) in [5.41, 5.74) is 2.92. The van der Waals surface area contributed by atoms with Crippen molar-refractivity contribution < 1.29 is 4.79 Å². The third-order valence-electron chi connectivity index (χ3n) is 2.87. The number of nitrogens with one attached hydrogen (secondary N) is 1. The smallest absolute Gasteiger partial charge is 0.251 e. The molecule has 1 rings (SSSR count). The quantitative estimate of drug-likeness (QED) is 0.761. The number of benzene rings is 1. The van der Waals surface area contributed by atoms with E-state index in [0.29, 0.717) is 12.1 Å². The molecule has 0 bridgehead atoms. The van der Waals surface area contributed by atoms with Crippen LogP contribution >= 0.6 is 15.9 Å². The zero-order valence-corrected chi connectivity index (χ0v) is 13.5. The summed E-state index contributed by atoms with van der Waals surface area (Å²) in [6, 6.07) is 7.55. The molecule has 1 amide bonds. The maximum absolute atomic E-state index is 11.9. The van der Waals surface area contributed by atoms with Crippen molar-refractivity contribution in [2.75, 3.05) is 6.54 Å². The summed E-state index contributed by atoms with van der Waals surface area (Å²) in [5, 5.41) is 2.91. The Morgan fingerprint density at radius 2 is 2.00 bits per heavy atom. The fourth-order valence-electron chi connectivity index (χ4n) is 1.62. The van der Waals surface area contributed by atoms with Gasteiger partial charge in [0, 0.05) is 16.6 Å². The predicted molar refractivity (Wildman–Crippen MR) is 89.1 cm³/mol. The largest absolute Gasteiger partial charge is 0.352 e. The minimum atomic E-state index is -0.0430. The lowest BCUT2D eigenvalue weighted by Gasteiger charge is -2.06. The van der Waals surface area contributed by atoms with Crippen molar-refractivity contribution in [2.24, 2.45) is 0 Å². The molecule has 0 aromatic heterocycles. The number of carbonyl (C=O) groups excluding carboxylic acids is 1. The highest BCUT2D eigenvalue weighted by Crippen LogP contribution is 2.12. The summed E-state index contributed by atoms with van der Waals surface area (Å²) >= 11 is 3.43. The molecule has 0 fully saturated rings. The first-order valence-corrected chi connectivity index (χ1v) is 7.35. The maximum atomic E-state index is 11.9. The standard InChI is InChI=1S/C17H20BrNO/c1-4-14(12-16(18)5-2)10-11-19-17(20)15-8-6-13(3)7-9-15/h4-9,12H,1,10-11H2,2-3H3,(H,19,20)/b14-12+,16-5+. The SMILES string of the molecule is C=C/C(=C\C(Br)=C/C)CCNC(=O)c1ccc(C)cc1. The van der Waals surface area contributed by atoms with Crippen molar-refractivity contribution in [3.8, 4) is 0 Å². The van der Waals surface area contributed by atoms with Gasteiger partial charge in [-0.2, -0.15) is 0 Å². The van der Waals surface area contributed by atoms with E-state index in [-0.39, 0.29) is 5.91 Å². The van der Waals surface area contributed by atoms with E-state index in [1.165, 1.54) is 0 Å². The molecule has 20 heavy (non-hydrogen) atoms. The molecule has 3 heteroatoms. The highest BCUT2D eigenvalue weighted by molar-refractivity contribution is 9.11. The maximum Gasteiger partial charge on any atom is 0.251 e. The molecule has 0 saturated carbocycles. The second kappa shape index (κ2) is 8.54. The van der Waals surface area contributed by atoms with Crippen molar-refractivity contribution in [3.05, 3.63) is 70.3 Å². The lowest BCUT2D eigenvalue weighted by atomic mass is 10.1. The molecule has 106 valence electrons. The van der Waals surface area contributed by atoms with Gasteiger partial charge in [-0.05, 0) is 44.1 Å². The first-order valence-electron chi connectivity index (χ1n) is 6.56. The molecular weight excluding hydrogens is 314 g/mol. The van der Waals surface area contributed by atoms with Crippen LogP contribution in [-0.2, 0) is 0 Å². The van der Waals surface area contributed by atoms with Gasteiger partial charge in [-0.15, -0.1) is 0 Å². The van der Waals surface area contributed by atoms with Crippen LogP contribution in [0.25, 0.3) is 0 Å². The van der Waals surface area contributed by atoms with Crippen LogP contribution in [0.4, 0.5) is 0 Å². The van der Waals surface area contributed by atoms with Gasteiger partial charge in [-0.25, -0.2) is 0 Å². The van der Waals surface area contributed by atoms with Gasteiger partial charge in [0.15, 0.2) is 0 Å². The Balaban J connectivity index is 2.51. The summed E-state index contributed by atoms with van der Waals surface area (Å²) in [5.74, 6) is -0.0430. The van der Waals surface area contributed by atoms with E-state index in [2.05, 4.69) is 27.8 Å². The van der Waals surface area contributed by atoms with E-state index >= 15 is 0 Å². The lowest BCUT2D eigenvalue weighted by molar-refractivity contribution is 0.0954. The van der Waals surface area contributed by atoms with Gasteiger partial charge in [0.1, 0.15) is 0 Å². The van der Waals surface area contributed by atoms with Crippen molar-refractivity contribution in [3.63, 3.8) is 0 Å². The lowest BCUT2D eigenvalue weighted by Crippen LogP contribution is -2.24.